The number of primary amides is 1. The van der Waals surface area contributed by atoms with E-state index in [1.165, 1.54) is 4.90 Å². The number of rotatable bonds is 4. The first kappa shape index (κ1) is 17.7. The zero-order valence-corrected chi connectivity index (χ0v) is 13.6. The van der Waals surface area contributed by atoms with Crippen LogP contribution in [0.3, 0.4) is 0 Å². The van der Waals surface area contributed by atoms with Crippen LogP contribution in [0.4, 0.5) is 4.39 Å². The van der Waals surface area contributed by atoms with Gasteiger partial charge in [-0.15, -0.1) is 0 Å². The fourth-order valence-electron chi connectivity index (χ4n) is 2.74. The molecule has 1 saturated carbocycles. The molecule has 0 aromatic rings. The number of nitrogens with zero attached hydrogens (tertiary/aromatic N) is 1. The van der Waals surface area contributed by atoms with Crippen molar-refractivity contribution in [2.45, 2.75) is 63.9 Å². The van der Waals surface area contributed by atoms with Crippen molar-refractivity contribution in [2.24, 2.45) is 11.1 Å². The van der Waals surface area contributed by atoms with E-state index in [1.54, 1.807) is 20.8 Å². The van der Waals surface area contributed by atoms with E-state index in [1.807, 2.05) is 0 Å². The van der Waals surface area contributed by atoms with Crippen LogP contribution in [0.25, 0.3) is 0 Å². The highest BCUT2D eigenvalue weighted by molar-refractivity contribution is 5.95. The smallest absolute Gasteiger partial charge is 0.258 e. The highest BCUT2D eigenvalue weighted by atomic mass is 19.1. The van der Waals surface area contributed by atoms with Gasteiger partial charge in [-0.05, 0) is 18.3 Å². The van der Waals surface area contributed by atoms with E-state index in [4.69, 9.17) is 5.73 Å². The molecule has 23 heavy (non-hydrogen) atoms. The van der Waals surface area contributed by atoms with Gasteiger partial charge in [0, 0.05) is 13.0 Å². The lowest BCUT2D eigenvalue weighted by Crippen LogP contribution is -2.58. The molecule has 7 nitrogen and oxygen atoms in total. The van der Waals surface area contributed by atoms with Crippen LogP contribution < -0.4 is 11.1 Å². The zero-order valence-electron chi connectivity index (χ0n) is 13.6. The van der Waals surface area contributed by atoms with E-state index in [0.717, 1.165) is 0 Å². The van der Waals surface area contributed by atoms with Gasteiger partial charge in [0.15, 0.2) is 5.67 Å². The number of alkyl halides is 1. The van der Waals surface area contributed by atoms with E-state index < -0.39 is 47.0 Å². The van der Waals surface area contributed by atoms with Crippen molar-refractivity contribution < 1.29 is 23.9 Å². The van der Waals surface area contributed by atoms with Gasteiger partial charge in [0.25, 0.3) is 5.91 Å². The van der Waals surface area contributed by atoms with Crippen LogP contribution in [-0.2, 0) is 14.4 Å². The number of hydrogen-bond acceptors (Lipinski definition) is 4. The van der Waals surface area contributed by atoms with Crippen LogP contribution in [0.15, 0.2) is 0 Å². The summed E-state index contributed by atoms with van der Waals surface area (Å²) in [4.78, 5) is 37.5. The minimum Gasteiger partial charge on any atom is -0.391 e. The summed E-state index contributed by atoms with van der Waals surface area (Å²) in [7, 11) is 0. The summed E-state index contributed by atoms with van der Waals surface area (Å²) in [6.07, 6.45) is -0.477. The number of amides is 3. The van der Waals surface area contributed by atoms with Crippen LogP contribution in [-0.4, -0.2) is 58.1 Å². The summed E-state index contributed by atoms with van der Waals surface area (Å²) in [5.41, 5.74) is 2.71. The molecule has 0 spiro atoms. The highest BCUT2D eigenvalue weighted by Gasteiger charge is 2.53. The van der Waals surface area contributed by atoms with Crippen molar-refractivity contribution in [1.29, 1.82) is 0 Å². The number of aliphatic hydroxyl groups excluding tert-OH is 1. The minimum atomic E-state index is -1.89. The highest BCUT2D eigenvalue weighted by Crippen LogP contribution is 2.40. The monoisotopic (exact) mass is 329 g/mol. The summed E-state index contributed by atoms with van der Waals surface area (Å²) in [6, 6.07) is -1.92. The summed E-state index contributed by atoms with van der Waals surface area (Å²) >= 11 is 0. The van der Waals surface area contributed by atoms with Crippen LogP contribution in [0.5, 0.6) is 0 Å². The normalized spacial score (nSPS) is 27.4. The molecule has 3 amide bonds. The van der Waals surface area contributed by atoms with Crippen LogP contribution in [0.1, 0.15) is 40.0 Å². The Balaban J connectivity index is 2.19. The molecule has 1 aliphatic heterocycles. The first-order valence-corrected chi connectivity index (χ1v) is 7.73. The summed E-state index contributed by atoms with van der Waals surface area (Å²) in [6.45, 7) is 5.17. The van der Waals surface area contributed by atoms with Gasteiger partial charge in [-0.2, -0.15) is 0 Å². The Morgan fingerprint density at radius 3 is 2.35 bits per heavy atom. The molecule has 2 rings (SSSR count). The van der Waals surface area contributed by atoms with Crippen molar-refractivity contribution >= 4 is 17.7 Å². The lowest BCUT2D eigenvalue weighted by atomic mass is 9.85. The number of aliphatic hydroxyl groups is 1. The Morgan fingerprint density at radius 2 is 1.91 bits per heavy atom. The molecule has 3 atom stereocenters. The van der Waals surface area contributed by atoms with E-state index >= 15 is 0 Å². The molecule has 130 valence electrons. The predicted molar refractivity (Wildman–Crippen MR) is 79.8 cm³/mol. The maximum atomic E-state index is 13.9. The molecule has 2 aliphatic rings. The molecule has 1 aliphatic carbocycles. The summed E-state index contributed by atoms with van der Waals surface area (Å²) in [5.74, 6) is -2.05. The molecule has 2 fully saturated rings. The SMILES string of the molecule is CC(C)(C)C(NC(=O)C1(F)CC1)C(=O)N1CC(O)CC1C(N)=O. The largest absolute Gasteiger partial charge is 0.391 e. The third-order valence-electron chi connectivity index (χ3n) is 4.37. The van der Waals surface area contributed by atoms with Gasteiger partial charge >= 0.3 is 0 Å². The third-order valence-corrected chi connectivity index (χ3v) is 4.37. The minimum absolute atomic E-state index is 0.0321. The van der Waals surface area contributed by atoms with Crippen molar-refractivity contribution in [3.8, 4) is 0 Å². The van der Waals surface area contributed by atoms with Gasteiger partial charge in [-0.25, -0.2) is 4.39 Å². The second kappa shape index (κ2) is 5.74. The van der Waals surface area contributed by atoms with E-state index in [0.29, 0.717) is 0 Å². The molecular formula is C15H24FN3O4. The zero-order chi connectivity index (χ0) is 17.6. The second-order valence-electron chi connectivity index (χ2n) is 7.54. The van der Waals surface area contributed by atoms with Gasteiger partial charge in [0.1, 0.15) is 12.1 Å². The quantitative estimate of drug-likeness (QED) is 0.643. The molecule has 4 N–H and O–H groups in total. The number of likely N-dealkylation sites (tertiary alicyclic amines) is 1. The number of nitrogens with two attached hydrogens (primary N) is 1. The molecule has 0 radical (unpaired) electrons. The van der Waals surface area contributed by atoms with Gasteiger partial charge in [-0.3, -0.25) is 14.4 Å². The fraction of sp³-hybridized carbons (Fsp3) is 0.800. The molecule has 8 heteroatoms. The first-order valence-electron chi connectivity index (χ1n) is 7.73. The molecule has 1 saturated heterocycles. The van der Waals surface area contributed by atoms with Gasteiger partial charge in [0.2, 0.25) is 11.8 Å². The molecule has 0 aromatic heterocycles. The summed E-state index contributed by atoms with van der Waals surface area (Å²) in [5, 5.41) is 12.2. The number of carbonyl (C=O) groups is 3. The lowest BCUT2D eigenvalue weighted by Gasteiger charge is -2.35. The first-order chi connectivity index (χ1) is 10.5. The standard InChI is InChI=1S/C15H24FN3O4/c1-14(2,3)10(18-13(23)15(16)4-5-15)12(22)19-7-8(20)6-9(19)11(17)21/h8-10,20H,4-7H2,1-3H3,(H2,17,21)(H,18,23). The molecule has 0 bridgehead atoms. The third kappa shape index (κ3) is 3.63. The topological polar surface area (TPSA) is 113 Å². The van der Waals surface area contributed by atoms with E-state index in [2.05, 4.69) is 5.32 Å². The average Bonchev–Trinajstić information content (AvgIpc) is 3.04. The average molecular weight is 329 g/mol. The van der Waals surface area contributed by atoms with E-state index in [9.17, 15) is 23.9 Å². The number of nitrogens with one attached hydrogen (secondary N) is 1. The maximum absolute atomic E-state index is 13.9. The van der Waals surface area contributed by atoms with Crippen molar-refractivity contribution in [3.05, 3.63) is 0 Å². The van der Waals surface area contributed by atoms with Crippen molar-refractivity contribution in [3.63, 3.8) is 0 Å². The molecule has 0 aromatic carbocycles. The number of halogens is 1. The van der Waals surface area contributed by atoms with Crippen LogP contribution in [0.2, 0.25) is 0 Å². The van der Waals surface area contributed by atoms with Crippen molar-refractivity contribution in [2.75, 3.05) is 6.54 Å². The van der Waals surface area contributed by atoms with Crippen LogP contribution >= 0.6 is 0 Å². The van der Waals surface area contributed by atoms with Gasteiger partial charge < -0.3 is 21.1 Å². The second-order valence-corrected chi connectivity index (χ2v) is 7.54. The Hall–Kier alpha value is -1.70. The number of hydrogen-bond donors (Lipinski definition) is 3. The Labute approximate surface area is 134 Å². The van der Waals surface area contributed by atoms with Gasteiger partial charge in [-0.1, -0.05) is 20.8 Å². The predicted octanol–water partition coefficient (Wildman–Crippen LogP) is -0.533. The maximum Gasteiger partial charge on any atom is 0.258 e. The van der Waals surface area contributed by atoms with Crippen LogP contribution in [0, 0.1) is 5.41 Å². The number of β-amino-alcohol motifs (C(OH)–C–C–N with tert-alkyl or cyclic N) is 1. The lowest BCUT2D eigenvalue weighted by molar-refractivity contribution is -0.144. The Bertz CT molecular complexity index is 527. The summed E-state index contributed by atoms with van der Waals surface area (Å²) < 4.78 is 13.9. The molecular weight excluding hydrogens is 305 g/mol. The van der Waals surface area contributed by atoms with E-state index in [-0.39, 0.29) is 25.8 Å². The van der Waals surface area contributed by atoms with Crippen molar-refractivity contribution in [1.82, 2.24) is 10.2 Å². The Kier molecular flexibility index (Phi) is 4.40. The van der Waals surface area contributed by atoms with Gasteiger partial charge in [0.05, 0.1) is 6.10 Å². The number of carbonyl (C=O) groups excluding carboxylic acids is 3. The molecule has 3 unspecified atom stereocenters. The Morgan fingerprint density at radius 1 is 1.35 bits per heavy atom. The molecule has 1 heterocycles. The fourth-order valence-corrected chi connectivity index (χ4v) is 2.74.